The summed E-state index contributed by atoms with van der Waals surface area (Å²) < 4.78 is 5.45. The Labute approximate surface area is 143 Å². The number of ether oxygens (including phenoxy) is 1. The molecule has 1 fully saturated rings. The molecule has 1 aromatic carbocycles. The van der Waals surface area contributed by atoms with E-state index in [4.69, 9.17) is 17.0 Å². The van der Waals surface area contributed by atoms with Crippen LogP contribution in [0.25, 0.3) is 0 Å². The lowest BCUT2D eigenvalue weighted by Gasteiger charge is -2.16. The quantitative estimate of drug-likeness (QED) is 0.570. The SMILES string of the molecule is CC(C)c1ccc(OCC(=O)NNC(=S)NC2CCCC2)cc1. The second-order valence-electron chi connectivity index (χ2n) is 6.14. The second kappa shape index (κ2) is 8.72. The molecule has 0 radical (unpaired) electrons. The number of carbonyl (C=O) groups is 1. The van der Waals surface area contributed by atoms with E-state index in [0.717, 1.165) is 12.8 Å². The Balaban J connectivity index is 1.65. The number of hydrogen-bond acceptors (Lipinski definition) is 3. The first kappa shape index (κ1) is 17.5. The van der Waals surface area contributed by atoms with E-state index in [2.05, 4.69) is 30.0 Å². The Morgan fingerprint density at radius 3 is 2.48 bits per heavy atom. The van der Waals surface area contributed by atoms with Gasteiger partial charge in [-0.1, -0.05) is 38.8 Å². The van der Waals surface area contributed by atoms with Crippen molar-refractivity contribution in [1.29, 1.82) is 0 Å². The number of carbonyl (C=O) groups excluding carboxylic acids is 1. The number of benzene rings is 1. The van der Waals surface area contributed by atoms with Crippen LogP contribution >= 0.6 is 12.2 Å². The summed E-state index contributed by atoms with van der Waals surface area (Å²) in [5, 5.41) is 3.64. The van der Waals surface area contributed by atoms with Crippen molar-refractivity contribution in [2.75, 3.05) is 6.61 Å². The first-order valence-corrected chi connectivity index (χ1v) is 8.53. The van der Waals surface area contributed by atoms with Gasteiger partial charge in [0.25, 0.3) is 5.91 Å². The van der Waals surface area contributed by atoms with Crippen LogP contribution in [0, 0.1) is 0 Å². The molecule has 23 heavy (non-hydrogen) atoms. The highest BCUT2D eigenvalue weighted by Gasteiger charge is 2.15. The summed E-state index contributed by atoms with van der Waals surface area (Å²) in [6.45, 7) is 4.22. The molecule has 3 N–H and O–H groups in total. The summed E-state index contributed by atoms with van der Waals surface area (Å²) >= 11 is 5.15. The van der Waals surface area contributed by atoms with E-state index < -0.39 is 0 Å². The number of hydrogen-bond donors (Lipinski definition) is 3. The molecule has 0 aliphatic heterocycles. The van der Waals surface area contributed by atoms with Gasteiger partial charge in [-0.15, -0.1) is 0 Å². The van der Waals surface area contributed by atoms with Crippen LogP contribution in [0.4, 0.5) is 0 Å². The van der Waals surface area contributed by atoms with Crippen LogP contribution in [0.3, 0.4) is 0 Å². The Morgan fingerprint density at radius 2 is 1.87 bits per heavy atom. The van der Waals surface area contributed by atoms with Crippen LogP contribution < -0.4 is 20.9 Å². The van der Waals surface area contributed by atoms with E-state index in [-0.39, 0.29) is 12.5 Å². The normalized spacial score (nSPS) is 14.6. The largest absolute Gasteiger partial charge is 0.484 e. The Morgan fingerprint density at radius 1 is 1.22 bits per heavy atom. The Kier molecular flexibility index (Phi) is 6.65. The average Bonchev–Trinajstić information content (AvgIpc) is 3.04. The molecule has 0 aromatic heterocycles. The van der Waals surface area contributed by atoms with Crippen molar-refractivity contribution in [2.24, 2.45) is 0 Å². The predicted octanol–water partition coefficient (Wildman–Crippen LogP) is 2.63. The minimum Gasteiger partial charge on any atom is -0.484 e. The van der Waals surface area contributed by atoms with Crippen LogP contribution in [-0.2, 0) is 4.79 Å². The standard InChI is InChI=1S/C17H25N3O2S/c1-12(2)13-7-9-15(10-8-13)22-11-16(21)19-20-17(23)18-14-5-3-4-6-14/h7-10,12,14H,3-6,11H2,1-2H3,(H,19,21)(H2,18,20,23). The van der Waals surface area contributed by atoms with Crippen molar-refractivity contribution >= 4 is 23.2 Å². The molecule has 2 rings (SSSR count). The zero-order valence-corrected chi connectivity index (χ0v) is 14.5. The smallest absolute Gasteiger partial charge is 0.276 e. The molecule has 0 heterocycles. The summed E-state index contributed by atoms with van der Waals surface area (Å²) in [5.74, 6) is 0.884. The first-order chi connectivity index (χ1) is 11.0. The molecule has 0 bridgehead atoms. The molecule has 0 atom stereocenters. The highest BCUT2D eigenvalue weighted by Crippen LogP contribution is 2.18. The molecule has 126 valence electrons. The fourth-order valence-corrected chi connectivity index (χ4v) is 2.77. The fourth-order valence-electron chi connectivity index (χ4n) is 2.55. The van der Waals surface area contributed by atoms with Crippen molar-refractivity contribution < 1.29 is 9.53 Å². The molecule has 1 saturated carbocycles. The number of hydrazine groups is 1. The summed E-state index contributed by atoms with van der Waals surface area (Å²) in [4.78, 5) is 11.7. The fraction of sp³-hybridized carbons (Fsp3) is 0.529. The number of amides is 1. The van der Waals surface area contributed by atoms with Gasteiger partial charge < -0.3 is 10.1 Å². The molecule has 1 aromatic rings. The molecule has 0 spiro atoms. The molecule has 6 heteroatoms. The van der Waals surface area contributed by atoms with Gasteiger partial charge in [-0.3, -0.25) is 15.6 Å². The van der Waals surface area contributed by atoms with Crippen molar-refractivity contribution in [3.8, 4) is 5.75 Å². The second-order valence-corrected chi connectivity index (χ2v) is 6.55. The maximum absolute atomic E-state index is 11.7. The third kappa shape index (κ3) is 6.06. The minimum absolute atomic E-state index is 0.0555. The van der Waals surface area contributed by atoms with Gasteiger partial charge in [0, 0.05) is 6.04 Å². The molecule has 1 amide bonds. The van der Waals surface area contributed by atoms with Gasteiger partial charge in [0.1, 0.15) is 5.75 Å². The van der Waals surface area contributed by atoms with Gasteiger partial charge >= 0.3 is 0 Å². The number of rotatable bonds is 5. The zero-order valence-electron chi connectivity index (χ0n) is 13.7. The highest BCUT2D eigenvalue weighted by atomic mass is 32.1. The van der Waals surface area contributed by atoms with Crippen LogP contribution in [0.15, 0.2) is 24.3 Å². The van der Waals surface area contributed by atoms with E-state index in [1.54, 1.807) is 0 Å². The van der Waals surface area contributed by atoms with Crippen molar-refractivity contribution in [1.82, 2.24) is 16.2 Å². The van der Waals surface area contributed by atoms with Crippen molar-refractivity contribution in [2.45, 2.75) is 51.5 Å². The molecular weight excluding hydrogens is 310 g/mol. The van der Waals surface area contributed by atoms with Gasteiger partial charge in [0.05, 0.1) is 0 Å². The predicted molar refractivity (Wildman–Crippen MR) is 95.3 cm³/mol. The van der Waals surface area contributed by atoms with Crippen LogP contribution in [-0.4, -0.2) is 23.7 Å². The lowest BCUT2D eigenvalue weighted by atomic mass is 10.0. The van der Waals surface area contributed by atoms with Crippen LogP contribution in [0.5, 0.6) is 5.75 Å². The van der Waals surface area contributed by atoms with Gasteiger partial charge in [0.2, 0.25) is 0 Å². The Hall–Kier alpha value is -1.82. The first-order valence-electron chi connectivity index (χ1n) is 8.12. The monoisotopic (exact) mass is 335 g/mol. The number of nitrogens with one attached hydrogen (secondary N) is 3. The zero-order chi connectivity index (χ0) is 16.7. The van der Waals surface area contributed by atoms with Crippen LogP contribution in [0.1, 0.15) is 51.0 Å². The minimum atomic E-state index is -0.270. The van der Waals surface area contributed by atoms with E-state index in [1.807, 2.05) is 24.3 Å². The summed E-state index contributed by atoms with van der Waals surface area (Å²) in [5.41, 5.74) is 6.49. The molecule has 1 aliphatic rings. The van der Waals surface area contributed by atoms with E-state index in [1.165, 1.54) is 18.4 Å². The third-order valence-electron chi connectivity index (χ3n) is 3.92. The molecule has 5 nitrogen and oxygen atoms in total. The molecule has 1 aliphatic carbocycles. The lowest BCUT2D eigenvalue weighted by molar-refractivity contribution is -0.123. The lowest BCUT2D eigenvalue weighted by Crippen LogP contribution is -2.50. The molecule has 0 saturated heterocycles. The van der Waals surface area contributed by atoms with Crippen molar-refractivity contribution in [3.05, 3.63) is 29.8 Å². The maximum atomic E-state index is 11.7. The van der Waals surface area contributed by atoms with E-state index in [9.17, 15) is 4.79 Å². The van der Waals surface area contributed by atoms with Crippen molar-refractivity contribution in [3.63, 3.8) is 0 Å². The Bertz CT molecular complexity index is 525. The van der Waals surface area contributed by atoms with Gasteiger partial charge in [-0.05, 0) is 48.7 Å². The average molecular weight is 335 g/mol. The van der Waals surface area contributed by atoms with Gasteiger partial charge in [0.15, 0.2) is 11.7 Å². The molecular formula is C17H25N3O2S. The number of thiocarbonyl (C=S) groups is 1. The summed E-state index contributed by atoms with van der Waals surface area (Å²) in [6.07, 6.45) is 4.72. The summed E-state index contributed by atoms with van der Waals surface area (Å²) in [6, 6.07) is 8.20. The maximum Gasteiger partial charge on any atom is 0.276 e. The molecule has 0 unspecified atom stereocenters. The van der Waals surface area contributed by atoms with Crippen LogP contribution in [0.2, 0.25) is 0 Å². The van der Waals surface area contributed by atoms with E-state index >= 15 is 0 Å². The van der Waals surface area contributed by atoms with Gasteiger partial charge in [-0.25, -0.2) is 0 Å². The van der Waals surface area contributed by atoms with Gasteiger partial charge in [-0.2, -0.15) is 0 Å². The third-order valence-corrected chi connectivity index (χ3v) is 4.14. The summed E-state index contributed by atoms with van der Waals surface area (Å²) in [7, 11) is 0. The topological polar surface area (TPSA) is 62.4 Å². The van der Waals surface area contributed by atoms with E-state index in [0.29, 0.717) is 22.8 Å². The highest BCUT2D eigenvalue weighted by molar-refractivity contribution is 7.80.